The van der Waals surface area contributed by atoms with Crippen molar-refractivity contribution in [2.75, 3.05) is 18.0 Å². The summed E-state index contributed by atoms with van der Waals surface area (Å²) in [7, 11) is 0. The van der Waals surface area contributed by atoms with Gasteiger partial charge in [-0.3, -0.25) is 0 Å². The summed E-state index contributed by atoms with van der Waals surface area (Å²) in [6.07, 6.45) is -4.45. The minimum absolute atomic E-state index is 0.0769. The van der Waals surface area contributed by atoms with Crippen LogP contribution in [0.4, 0.5) is 18.9 Å². The van der Waals surface area contributed by atoms with E-state index in [0.29, 0.717) is 11.1 Å². The van der Waals surface area contributed by atoms with E-state index in [1.165, 1.54) is 23.9 Å². The molecule has 4 rings (SSSR count). The third-order valence-corrected chi connectivity index (χ3v) is 6.09. The Morgan fingerprint density at radius 2 is 1.74 bits per heavy atom. The largest absolute Gasteiger partial charge is 0.416 e. The highest BCUT2D eigenvalue weighted by atomic mass is 32.2. The Hall–Kier alpha value is -3.34. The fourth-order valence-corrected chi connectivity index (χ4v) is 4.05. The van der Waals surface area contributed by atoms with Gasteiger partial charge in [-0.15, -0.1) is 10.2 Å². The van der Waals surface area contributed by atoms with E-state index in [-0.39, 0.29) is 22.5 Å². The van der Waals surface area contributed by atoms with Gasteiger partial charge < -0.3 is 13.8 Å². The van der Waals surface area contributed by atoms with Gasteiger partial charge in [0.05, 0.1) is 10.8 Å². The highest BCUT2D eigenvalue weighted by Crippen LogP contribution is 2.36. The second kappa shape index (κ2) is 9.88. The van der Waals surface area contributed by atoms with E-state index in [9.17, 15) is 13.2 Å². The first-order chi connectivity index (χ1) is 16.3. The van der Waals surface area contributed by atoms with Gasteiger partial charge in [0.2, 0.25) is 17.6 Å². The molecule has 2 aromatic heterocycles. The predicted octanol–water partition coefficient (Wildman–Crippen LogP) is 6.50. The minimum atomic E-state index is -4.45. The second-order valence-electron chi connectivity index (χ2n) is 7.39. The molecule has 0 saturated carbocycles. The number of rotatable bonds is 8. The molecule has 2 aromatic carbocycles. The highest BCUT2D eigenvalue weighted by molar-refractivity contribution is 7.99. The molecule has 0 radical (unpaired) electrons. The maximum Gasteiger partial charge on any atom is 0.416 e. The first kappa shape index (κ1) is 23.8. The van der Waals surface area contributed by atoms with E-state index in [2.05, 4.69) is 39.1 Å². The average Bonchev–Trinajstić information content (AvgIpc) is 3.50. The van der Waals surface area contributed by atoms with Gasteiger partial charge in [0.1, 0.15) is 0 Å². The van der Waals surface area contributed by atoms with Crippen molar-refractivity contribution >= 4 is 17.4 Å². The van der Waals surface area contributed by atoms with E-state index >= 15 is 0 Å². The van der Waals surface area contributed by atoms with Crippen LogP contribution in [0.1, 0.15) is 37.5 Å². The van der Waals surface area contributed by atoms with Gasteiger partial charge >= 0.3 is 6.18 Å². The molecule has 0 saturated heterocycles. The molecule has 0 aliphatic rings. The molecule has 178 valence electrons. The lowest BCUT2D eigenvalue weighted by atomic mass is 10.1. The van der Waals surface area contributed by atoms with Gasteiger partial charge in [-0.2, -0.15) is 18.2 Å². The summed E-state index contributed by atoms with van der Waals surface area (Å²) in [5.41, 5.74) is 1.36. The van der Waals surface area contributed by atoms with Gasteiger partial charge in [-0.1, -0.05) is 29.1 Å². The molecule has 34 heavy (non-hydrogen) atoms. The summed E-state index contributed by atoms with van der Waals surface area (Å²) in [5.74, 6) is 0.699. The second-order valence-corrected chi connectivity index (χ2v) is 8.68. The van der Waals surface area contributed by atoms with Crippen LogP contribution in [0.5, 0.6) is 0 Å². The number of hydrogen-bond donors (Lipinski definition) is 0. The Morgan fingerprint density at radius 1 is 1.00 bits per heavy atom. The summed E-state index contributed by atoms with van der Waals surface area (Å²) in [4.78, 5) is 6.48. The van der Waals surface area contributed by atoms with Crippen molar-refractivity contribution in [1.82, 2.24) is 20.3 Å². The van der Waals surface area contributed by atoms with E-state index in [1.807, 2.05) is 24.3 Å². The number of thioether (sulfide) groups is 1. The maximum atomic E-state index is 13.0. The first-order valence-corrected chi connectivity index (χ1v) is 11.5. The predicted molar refractivity (Wildman–Crippen MR) is 122 cm³/mol. The zero-order valence-corrected chi connectivity index (χ0v) is 19.5. The topological polar surface area (TPSA) is 81.1 Å². The molecule has 0 N–H and O–H groups in total. The standard InChI is InChI=1S/C23H22F3N5O2S/c1-4-31(5-2)18-11-9-15(10-12-18)21-28-29-22(32-21)34-14(3)20-27-19(30-33-20)16-7-6-8-17(13-16)23(24,25)26/h6-14H,4-5H2,1-3H3/t14-/m0/s1. The van der Waals surface area contributed by atoms with Gasteiger partial charge in [-0.25, -0.2) is 0 Å². The van der Waals surface area contributed by atoms with Crippen molar-refractivity contribution in [3.05, 3.63) is 60.0 Å². The Bertz CT molecular complexity index is 1240. The number of alkyl halides is 3. The van der Waals surface area contributed by atoms with Crippen LogP contribution in [-0.4, -0.2) is 33.4 Å². The SMILES string of the molecule is CCN(CC)c1ccc(-c2nnc(S[C@@H](C)c3nc(-c4cccc(C(F)(F)F)c4)no3)o2)cc1. The summed E-state index contributed by atoms with van der Waals surface area (Å²) in [5, 5.41) is 12.0. The Balaban J connectivity index is 1.45. The lowest BCUT2D eigenvalue weighted by Gasteiger charge is -2.20. The number of hydrogen-bond acceptors (Lipinski definition) is 8. The molecule has 4 aromatic rings. The van der Waals surface area contributed by atoms with Gasteiger partial charge in [0.25, 0.3) is 5.22 Å². The monoisotopic (exact) mass is 489 g/mol. The molecule has 0 aliphatic heterocycles. The maximum absolute atomic E-state index is 13.0. The van der Waals surface area contributed by atoms with E-state index < -0.39 is 11.7 Å². The molecule has 0 amide bonds. The molecule has 11 heteroatoms. The molecule has 0 bridgehead atoms. The first-order valence-electron chi connectivity index (χ1n) is 10.6. The van der Waals surface area contributed by atoms with Crippen LogP contribution in [0, 0.1) is 0 Å². The third-order valence-electron chi connectivity index (χ3n) is 5.16. The van der Waals surface area contributed by atoms with Crippen LogP contribution in [0.25, 0.3) is 22.8 Å². The Labute approximate surface area is 198 Å². The van der Waals surface area contributed by atoms with Crippen molar-refractivity contribution in [3.8, 4) is 22.8 Å². The molecular weight excluding hydrogens is 467 g/mol. The van der Waals surface area contributed by atoms with E-state index in [1.54, 1.807) is 6.92 Å². The summed E-state index contributed by atoms with van der Waals surface area (Å²) >= 11 is 1.22. The van der Waals surface area contributed by atoms with Crippen molar-refractivity contribution in [2.24, 2.45) is 0 Å². The summed E-state index contributed by atoms with van der Waals surface area (Å²) in [6, 6.07) is 12.7. The Kier molecular flexibility index (Phi) is 6.92. The zero-order valence-electron chi connectivity index (χ0n) is 18.7. The van der Waals surface area contributed by atoms with Crippen LogP contribution in [-0.2, 0) is 6.18 Å². The lowest BCUT2D eigenvalue weighted by molar-refractivity contribution is -0.137. The fourth-order valence-electron chi connectivity index (χ4n) is 3.33. The molecular formula is C23H22F3N5O2S. The van der Waals surface area contributed by atoms with Crippen molar-refractivity contribution < 1.29 is 22.1 Å². The van der Waals surface area contributed by atoms with Gasteiger partial charge in [0, 0.05) is 29.9 Å². The molecule has 0 aliphatic carbocycles. The van der Waals surface area contributed by atoms with Crippen molar-refractivity contribution in [1.29, 1.82) is 0 Å². The molecule has 7 nitrogen and oxygen atoms in total. The summed E-state index contributed by atoms with van der Waals surface area (Å²) < 4.78 is 50.0. The van der Waals surface area contributed by atoms with Crippen LogP contribution >= 0.6 is 11.8 Å². The molecule has 2 heterocycles. The smallest absolute Gasteiger partial charge is 0.411 e. The normalized spacial score (nSPS) is 12.6. The van der Waals surface area contributed by atoms with Crippen LogP contribution in [0.2, 0.25) is 0 Å². The zero-order chi connectivity index (χ0) is 24.3. The molecule has 1 atom stereocenters. The van der Waals surface area contributed by atoms with Gasteiger partial charge in [0.15, 0.2) is 0 Å². The number of nitrogens with zero attached hydrogens (tertiary/aromatic N) is 5. The molecule has 0 fully saturated rings. The van der Waals surface area contributed by atoms with E-state index in [4.69, 9.17) is 8.94 Å². The fraction of sp³-hybridized carbons (Fsp3) is 0.304. The van der Waals surface area contributed by atoms with Crippen LogP contribution in [0.3, 0.4) is 0 Å². The minimum Gasteiger partial charge on any atom is -0.411 e. The van der Waals surface area contributed by atoms with Gasteiger partial charge in [-0.05, 0) is 57.2 Å². The quantitative estimate of drug-likeness (QED) is 0.259. The van der Waals surface area contributed by atoms with Crippen molar-refractivity contribution in [3.63, 3.8) is 0 Å². The van der Waals surface area contributed by atoms with Crippen LogP contribution < -0.4 is 4.90 Å². The Morgan fingerprint density at radius 3 is 2.41 bits per heavy atom. The van der Waals surface area contributed by atoms with E-state index in [0.717, 1.165) is 36.5 Å². The third kappa shape index (κ3) is 5.24. The van der Waals surface area contributed by atoms with Crippen molar-refractivity contribution in [2.45, 2.75) is 37.4 Å². The lowest BCUT2D eigenvalue weighted by Crippen LogP contribution is -2.21. The average molecular weight is 490 g/mol. The number of anilines is 1. The number of benzene rings is 2. The molecule has 0 unspecified atom stereocenters. The number of aromatic nitrogens is 4. The number of halogens is 3. The highest BCUT2D eigenvalue weighted by Gasteiger charge is 2.31. The summed E-state index contributed by atoms with van der Waals surface area (Å²) in [6.45, 7) is 7.84. The van der Waals surface area contributed by atoms with Crippen LogP contribution in [0.15, 0.2) is 62.7 Å². The molecule has 0 spiro atoms.